The van der Waals surface area contributed by atoms with E-state index < -0.39 is 0 Å². The van der Waals surface area contributed by atoms with Crippen LogP contribution in [0.25, 0.3) is 5.69 Å². The van der Waals surface area contributed by atoms with Crippen molar-refractivity contribution in [3.8, 4) is 5.69 Å². The number of benzene rings is 1. The lowest BCUT2D eigenvalue weighted by atomic mass is 9.89. The van der Waals surface area contributed by atoms with Gasteiger partial charge in [-0.1, -0.05) is 48.7 Å². The summed E-state index contributed by atoms with van der Waals surface area (Å²) < 4.78 is 1.85. The second-order valence-electron chi connectivity index (χ2n) is 6.47. The van der Waals surface area contributed by atoms with Gasteiger partial charge in [0, 0.05) is 11.6 Å². The van der Waals surface area contributed by atoms with E-state index in [0.29, 0.717) is 16.1 Å². The van der Waals surface area contributed by atoms with E-state index in [9.17, 15) is 4.79 Å². The van der Waals surface area contributed by atoms with Gasteiger partial charge in [0.1, 0.15) is 6.33 Å². The van der Waals surface area contributed by atoms with E-state index in [-0.39, 0.29) is 11.2 Å². The maximum atomic E-state index is 12.4. The Bertz CT molecular complexity index is 715. The van der Waals surface area contributed by atoms with Gasteiger partial charge < -0.3 is 5.32 Å². The molecule has 1 N–H and O–H groups in total. The number of carbonyl (C=O) groups is 1. The van der Waals surface area contributed by atoms with E-state index in [1.54, 1.807) is 6.33 Å². The number of hydrogen-bond acceptors (Lipinski definition) is 4. The first kappa shape index (κ1) is 18.3. The SMILES string of the molecule is C[C@H](Sc1nncn1-c1cccc(Cl)c1)C(=O)NCC1CCCCC1. The minimum atomic E-state index is -0.231. The Morgan fingerprint density at radius 2 is 2.20 bits per heavy atom. The maximum absolute atomic E-state index is 12.4. The standard InChI is InChI=1S/C18H23ClN4OS/c1-13(17(24)20-11-14-6-3-2-4-7-14)25-18-22-21-12-23(18)16-9-5-8-15(19)10-16/h5,8-10,12-14H,2-4,6-7,11H2,1H3,(H,20,24)/t13-/m0/s1. The van der Waals surface area contributed by atoms with Gasteiger partial charge in [0.2, 0.25) is 5.91 Å². The highest BCUT2D eigenvalue weighted by Crippen LogP contribution is 2.26. The Hall–Kier alpha value is -1.53. The van der Waals surface area contributed by atoms with Gasteiger partial charge in [-0.15, -0.1) is 10.2 Å². The molecule has 0 aliphatic heterocycles. The number of nitrogens with one attached hydrogen (secondary N) is 1. The summed E-state index contributed by atoms with van der Waals surface area (Å²) in [6.07, 6.45) is 7.99. The minimum Gasteiger partial charge on any atom is -0.355 e. The Labute approximate surface area is 157 Å². The highest BCUT2D eigenvalue weighted by molar-refractivity contribution is 8.00. The number of halogens is 1. The molecule has 1 fully saturated rings. The Morgan fingerprint density at radius 1 is 1.40 bits per heavy atom. The molecule has 5 nitrogen and oxygen atoms in total. The molecule has 7 heteroatoms. The number of rotatable bonds is 6. The summed E-state index contributed by atoms with van der Waals surface area (Å²) in [6.45, 7) is 2.68. The molecule has 0 spiro atoms. The second kappa shape index (κ2) is 8.72. The first-order chi connectivity index (χ1) is 12.1. The Balaban J connectivity index is 1.58. The molecule has 1 aliphatic carbocycles. The zero-order valence-corrected chi connectivity index (χ0v) is 15.9. The monoisotopic (exact) mass is 378 g/mol. The molecular formula is C18H23ClN4OS. The lowest BCUT2D eigenvalue weighted by molar-refractivity contribution is -0.120. The maximum Gasteiger partial charge on any atom is 0.233 e. The number of nitrogens with zero attached hydrogens (tertiary/aromatic N) is 3. The molecular weight excluding hydrogens is 356 g/mol. The largest absolute Gasteiger partial charge is 0.355 e. The second-order valence-corrected chi connectivity index (χ2v) is 8.22. The van der Waals surface area contributed by atoms with Crippen molar-refractivity contribution in [3.05, 3.63) is 35.6 Å². The molecule has 0 saturated heterocycles. The van der Waals surface area contributed by atoms with Crippen LogP contribution in [0, 0.1) is 5.92 Å². The number of amides is 1. The van der Waals surface area contributed by atoms with Crippen LogP contribution in [0.15, 0.2) is 35.7 Å². The molecule has 3 rings (SSSR count). The normalized spacial score (nSPS) is 16.6. The highest BCUT2D eigenvalue weighted by Gasteiger charge is 2.20. The predicted molar refractivity (Wildman–Crippen MR) is 101 cm³/mol. The number of carbonyl (C=O) groups excluding carboxylic acids is 1. The molecule has 0 bridgehead atoms. The summed E-state index contributed by atoms with van der Waals surface area (Å²) in [5.41, 5.74) is 0.884. The summed E-state index contributed by atoms with van der Waals surface area (Å²) in [5, 5.41) is 12.3. The van der Waals surface area contributed by atoms with Crippen LogP contribution in [0.3, 0.4) is 0 Å². The van der Waals surface area contributed by atoms with E-state index >= 15 is 0 Å². The van der Waals surface area contributed by atoms with Crippen LogP contribution in [0.2, 0.25) is 5.02 Å². The summed E-state index contributed by atoms with van der Waals surface area (Å²) in [5.74, 6) is 0.682. The van der Waals surface area contributed by atoms with Crippen LogP contribution in [-0.2, 0) is 4.79 Å². The van der Waals surface area contributed by atoms with Crippen molar-refractivity contribution in [1.29, 1.82) is 0 Å². The van der Waals surface area contributed by atoms with Crippen LogP contribution < -0.4 is 5.32 Å². The van der Waals surface area contributed by atoms with Gasteiger partial charge in [-0.3, -0.25) is 9.36 Å². The first-order valence-electron chi connectivity index (χ1n) is 8.74. The van der Waals surface area contributed by atoms with Crippen molar-refractivity contribution in [3.63, 3.8) is 0 Å². The molecule has 1 aromatic heterocycles. The van der Waals surface area contributed by atoms with Gasteiger partial charge in [-0.05, 0) is 43.9 Å². The van der Waals surface area contributed by atoms with Crippen molar-refractivity contribution in [2.75, 3.05) is 6.54 Å². The Morgan fingerprint density at radius 3 is 2.96 bits per heavy atom. The fourth-order valence-corrected chi connectivity index (χ4v) is 4.15. The smallest absolute Gasteiger partial charge is 0.233 e. The van der Waals surface area contributed by atoms with Crippen molar-refractivity contribution < 1.29 is 4.79 Å². The van der Waals surface area contributed by atoms with E-state index in [4.69, 9.17) is 11.6 Å². The number of thioether (sulfide) groups is 1. The molecule has 1 saturated carbocycles. The van der Waals surface area contributed by atoms with E-state index in [1.165, 1.54) is 43.9 Å². The molecule has 1 aliphatic rings. The molecule has 1 amide bonds. The molecule has 134 valence electrons. The van der Waals surface area contributed by atoms with Gasteiger partial charge in [0.15, 0.2) is 5.16 Å². The third kappa shape index (κ3) is 4.98. The number of aromatic nitrogens is 3. The van der Waals surface area contributed by atoms with E-state index in [2.05, 4.69) is 15.5 Å². The third-order valence-corrected chi connectivity index (χ3v) is 5.84. The molecule has 0 unspecified atom stereocenters. The number of hydrogen-bond donors (Lipinski definition) is 1. The topological polar surface area (TPSA) is 59.8 Å². The lowest BCUT2D eigenvalue weighted by Crippen LogP contribution is -2.35. The molecule has 1 heterocycles. The molecule has 0 radical (unpaired) electrons. The fraction of sp³-hybridized carbons (Fsp3) is 0.500. The van der Waals surface area contributed by atoms with E-state index in [1.807, 2.05) is 35.8 Å². The van der Waals surface area contributed by atoms with Gasteiger partial charge >= 0.3 is 0 Å². The zero-order valence-electron chi connectivity index (χ0n) is 14.3. The van der Waals surface area contributed by atoms with Crippen LogP contribution >= 0.6 is 23.4 Å². The van der Waals surface area contributed by atoms with Crippen LogP contribution in [-0.4, -0.2) is 32.5 Å². The quantitative estimate of drug-likeness (QED) is 0.769. The van der Waals surface area contributed by atoms with E-state index in [0.717, 1.165) is 12.2 Å². The highest BCUT2D eigenvalue weighted by atomic mass is 35.5. The third-order valence-electron chi connectivity index (χ3n) is 4.54. The lowest BCUT2D eigenvalue weighted by Gasteiger charge is -2.22. The van der Waals surface area contributed by atoms with Crippen molar-refractivity contribution >= 4 is 29.3 Å². The van der Waals surface area contributed by atoms with Crippen molar-refractivity contribution in [2.24, 2.45) is 5.92 Å². The summed E-state index contributed by atoms with van der Waals surface area (Å²) in [6, 6.07) is 7.49. The van der Waals surface area contributed by atoms with Gasteiger partial charge in [0.25, 0.3) is 0 Å². The first-order valence-corrected chi connectivity index (χ1v) is 9.99. The van der Waals surface area contributed by atoms with Gasteiger partial charge in [-0.2, -0.15) is 0 Å². The average molecular weight is 379 g/mol. The van der Waals surface area contributed by atoms with Crippen LogP contribution in [0.5, 0.6) is 0 Å². The van der Waals surface area contributed by atoms with Crippen molar-refractivity contribution in [2.45, 2.75) is 49.4 Å². The average Bonchev–Trinajstić information content (AvgIpc) is 3.08. The van der Waals surface area contributed by atoms with Gasteiger partial charge in [0.05, 0.1) is 10.9 Å². The molecule has 2 aromatic rings. The zero-order chi connectivity index (χ0) is 17.6. The Kier molecular flexibility index (Phi) is 6.37. The minimum absolute atomic E-state index is 0.0521. The molecule has 1 aromatic carbocycles. The molecule has 25 heavy (non-hydrogen) atoms. The van der Waals surface area contributed by atoms with Crippen molar-refractivity contribution in [1.82, 2.24) is 20.1 Å². The van der Waals surface area contributed by atoms with Gasteiger partial charge in [-0.25, -0.2) is 0 Å². The van der Waals surface area contributed by atoms with Crippen LogP contribution in [0.1, 0.15) is 39.0 Å². The van der Waals surface area contributed by atoms with Crippen LogP contribution in [0.4, 0.5) is 0 Å². The summed E-state index contributed by atoms with van der Waals surface area (Å²) in [7, 11) is 0. The predicted octanol–water partition coefficient (Wildman–Crippen LogP) is 4.10. The summed E-state index contributed by atoms with van der Waals surface area (Å²) >= 11 is 7.47. The fourth-order valence-electron chi connectivity index (χ4n) is 3.10. The molecule has 1 atom stereocenters. The summed E-state index contributed by atoms with van der Waals surface area (Å²) in [4.78, 5) is 12.4.